The van der Waals surface area contributed by atoms with E-state index in [-0.39, 0.29) is 17.3 Å². The molecular weight excluding hydrogens is 254 g/mol. The van der Waals surface area contributed by atoms with Gasteiger partial charge in [-0.25, -0.2) is 12.7 Å². The normalized spacial score (nSPS) is 12.6. The highest BCUT2D eigenvalue weighted by atomic mass is 32.2. The van der Waals surface area contributed by atoms with Gasteiger partial charge in [0.25, 0.3) is 0 Å². The van der Waals surface area contributed by atoms with Crippen molar-refractivity contribution in [2.24, 2.45) is 5.92 Å². The van der Waals surface area contributed by atoms with Crippen molar-refractivity contribution in [3.05, 3.63) is 17.6 Å². The summed E-state index contributed by atoms with van der Waals surface area (Å²) >= 11 is 0. The number of hydrogen-bond donors (Lipinski definition) is 1. The van der Waals surface area contributed by atoms with Crippen LogP contribution in [0.4, 0.5) is 0 Å². The van der Waals surface area contributed by atoms with Crippen molar-refractivity contribution >= 4 is 10.0 Å². The Morgan fingerprint density at radius 1 is 1.44 bits per heavy atom. The molecular formula is C12H21NO4S. The number of aliphatic hydroxyl groups is 1. The first kappa shape index (κ1) is 15.2. The monoisotopic (exact) mass is 275 g/mol. The third-order valence-corrected chi connectivity index (χ3v) is 4.75. The standard InChI is InChI=1S/C12H21NO4S/c1-9(2)5-6-13(4)18(15,16)12-7-11(8-14)17-10(12)3/h7,9,14H,5-6,8H2,1-4H3. The van der Waals surface area contributed by atoms with Gasteiger partial charge in [-0.05, 0) is 19.3 Å². The van der Waals surface area contributed by atoms with Gasteiger partial charge in [0, 0.05) is 19.7 Å². The van der Waals surface area contributed by atoms with E-state index in [1.165, 1.54) is 10.4 Å². The van der Waals surface area contributed by atoms with Crippen LogP contribution in [-0.4, -0.2) is 31.4 Å². The van der Waals surface area contributed by atoms with Crippen LogP contribution in [0.1, 0.15) is 31.8 Å². The van der Waals surface area contributed by atoms with Gasteiger partial charge < -0.3 is 9.52 Å². The average Bonchev–Trinajstić information content (AvgIpc) is 2.67. The topological polar surface area (TPSA) is 70.8 Å². The zero-order valence-corrected chi connectivity index (χ0v) is 12.1. The van der Waals surface area contributed by atoms with Gasteiger partial charge in [-0.2, -0.15) is 0 Å². The number of aliphatic hydroxyl groups excluding tert-OH is 1. The molecule has 0 spiro atoms. The van der Waals surface area contributed by atoms with Gasteiger partial charge in [0.05, 0.1) is 0 Å². The van der Waals surface area contributed by atoms with Crippen LogP contribution in [-0.2, 0) is 16.6 Å². The second-order valence-corrected chi connectivity index (χ2v) is 6.81. The zero-order valence-electron chi connectivity index (χ0n) is 11.3. The number of hydrogen-bond acceptors (Lipinski definition) is 4. The molecule has 1 aromatic rings. The average molecular weight is 275 g/mol. The molecule has 1 N–H and O–H groups in total. The molecule has 0 fully saturated rings. The Kier molecular flexibility index (Phi) is 4.95. The lowest BCUT2D eigenvalue weighted by molar-refractivity contribution is 0.244. The van der Waals surface area contributed by atoms with Gasteiger partial charge in [-0.1, -0.05) is 13.8 Å². The molecule has 1 rings (SSSR count). The molecule has 1 aromatic heterocycles. The predicted molar refractivity (Wildman–Crippen MR) is 68.6 cm³/mol. The molecule has 0 saturated heterocycles. The molecule has 0 aromatic carbocycles. The first-order chi connectivity index (χ1) is 8.28. The summed E-state index contributed by atoms with van der Waals surface area (Å²) in [7, 11) is -1.97. The maximum Gasteiger partial charge on any atom is 0.246 e. The van der Waals surface area contributed by atoms with Crippen molar-refractivity contribution in [3.8, 4) is 0 Å². The van der Waals surface area contributed by atoms with Crippen molar-refractivity contribution in [2.45, 2.75) is 38.7 Å². The van der Waals surface area contributed by atoms with Gasteiger partial charge >= 0.3 is 0 Å². The molecule has 0 bridgehead atoms. The van der Waals surface area contributed by atoms with Crippen LogP contribution in [0.3, 0.4) is 0 Å². The van der Waals surface area contributed by atoms with Crippen LogP contribution < -0.4 is 0 Å². The quantitative estimate of drug-likeness (QED) is 0.858. The van der Waals surface area contributed by atoms with E-state index < -0.39 is 10.0 Å². The van der Waals surface area contributed by atoms with E-state index in [1.54, 1.807) is 14.0 Å². The first-order valence-electron chi connectivity index (χ1n) is 5.95. The number of sulfonamides is 1. The van der Waals surface area contributed by atoms with Crippen molar-refractivity contribution in [2.75, 3.05) is 13.6 Å². The fraction of sp³-hybridized carbons (Fsp3) is 0.667. The molecule has 0 aliphatic heterocycles. The molecule has 0 atom stereocenters. The summed E-state index contributed by atoms with van der Waals surface area (Å²) in [5, 5.41) is 8.95. The molecule has 6 heteroatoms. The van der Waals surface area contributed by atoms with Crippen molar-refractivity contribution in [1.29, 1.82) is 0 Å². The van der Waals surface area contributed by atoms with Gasteiger partial charge in [-0.3, -0.25) is 0 Å². The summed E-state index contributed by atoms with van der Waals surface area (Å²) in [6.07, 6.45) is 0.805. The maximum atomic E-state index is 12.3. The van der Waals surface area contributed by atoms with E-state index in [9.17, 15) is 8.42 Å². The number of aryl methyl sites for hydroxylation is 1. The zero-order chi connectivity index (χ0) is 13.9. The minimum absolute atomic E-state index is 0.137. The first-order valence-corrected chi connectivity index (χ1v) is 7.39. The van der Waals surface area contributed by atoms with Crippen LogP contribution in [0.25, 0.3) is 0 Å². The summed E-state index contributed by atoms with van der Waals surface area (Å²) in [5.41, 5.74) is 0. The van der Waals surface area contributed by atoms with Gasteiger partial charge in [0.2, 0.25) is 10.0 Å². The summed E-state index contributed by atoms with van der Waals surface area (Å²) in [6, 6.07) is 1.39. The van der Waals surface area contributed by atoms with E-state index in [2.05, 4.69) is 0 Å². The van der Waals surface area contributed by atoms with E-state index in [0.29, 0.717) is 18.2 Å². The highest BCUT2D eigenvalue weighted by Crippen LogP contribution is 2.23. The highest BCUT2D eigenvalue weighted by molar-refractivity contribution is 7.89. The fourth-order valence-corrected chi connectivity index (χ4v) is 2.95. The number of rotatable bonds is 6. The van der Waals surface area contributed by atoms with Crippen LogP contribution in [0.2, 0.25) is 0 Å². The molecule has 0 amide bonds. The Morgan fingerprint density at radius 2 is 2.06 bits per heavy atom. The molecule has 0 saturated carbocycles. The Hall–Kier alpha value is -0.850. The Balaban J connectivity index is 2.94. The lowest BCUT2D eigenvalue weighted by Crippen LogP contribution is -2.28. The van der Waals surface area contributed by atoms with Crippen LogP contribution >= 0.6 is 0 Å². The third-order valence-electron chi connectivity index (χ3n) is 2.79. The Bertz CT molecular complexity index is 490. The minimum atomic E-state index is -3.53. The summed E-state index contributed by atoms with van der Waals surface area (Å²) in [5.74, 6) is 1.03. The largest absolute Gasteiger partial charge is 0.462 e. The molecule has 18 heavy (non-hydrogen) atoms. The van der Waals surface area contributed by atoms with Crippen LogP contribution in [0.5, 0.6) is 0 Å². The third kappa shape index (κ3) is 3.34. The van der Waals surface area contributed by atoms with Gasteiger partial charge in [0.1, 0.15) is 23.0 Å². The predicted octanol–water partition coefficient (Wildman–Crippen LogP) is 1.75. The van der Waals surface area contributed by atoms with E-state index in [0.717, 1.165) is 6.42 Å². The molecule has 5 nitrogen and oxygen atoms in total. The fourth-order valence-electron chi connectivity index (χ4n) is 1.59. The second kappa shape index (κ2) is 5.86. The minimum Gasteiger partial charge on any atom is -0.462 e. The molecule has 0 aliphatic carbocycles. The second-order valence-electron chi connectivity index (χ2n) is 4.80. The van der Waals surface area contributed by atoms with Gasteiger partial charge in [0.15, 0.2) is 0 Å². The maximum absolute atomic E-state index is 12.3. The van der Waals surface area contributed by atoms with Crippen molar-refractivity contribution in [3.63, 3.8) is 0 Å². The lowest BCUT2D eigenvalue weighted by atomic mass is 10.1. The Morgan fingerprint density at radius 3 is 2.50 bits per heavy atom. The van der Waals surface area contributed by atoms with Crippen LogP contribution in [0, 0.1) is 12.8 Å². The van der Waals surface area contributed by atoms with E-state index in [1.807, 2.05) is 13.8 Å². The Labute approximate surface area is 108 Å². The smallest absolute Gasteiger partial charge is 0.246 e. The van der Waals surface area contributed by atoms with Gasteiger partial charge in [-0.15, -0.1) is 0 Å². The highest BCUT2D eigenvalue weighted by Gasteiger charge is 2.25. The molecule has 0 unspecified atom stereocenters. The molecule has 0 aliphatic rings. The summed E-state index contributed by atoms with van der Waals surface area (Å²) < 4.78 is 31.1. The SMILES string of the molecule is Cc1oc(CO)cc1S(=O)(=O)N(C)CCC(C)C. The molecule has 1 heterocycles. The number of nitrogens with zero attached hydrogens (tertiary/aromatic N) is 1. The molecule has 104 valence electrons. The van der Waals surface area contributed by atoms with Crippen molar-refractivity contribution < 1.29 is 17.9 Å². The van der Waals surface area contributed by atoms with Crippen molar-refractivity contribution in [1.82, 2.24) is 4.31 Å². The van der Waals surface area contributed by atoms with E-state index in [4.69, 9.17) is 9.52 Å². The molecule has 0 radical (unpaired) electrons. The number of furan rings is 1. The lowest BCUT2D eigenvalue weighted by Gasteiger charge is -2.17. The van der Waals surface area contributed by atoms with E-state index >= 15 is 0 Å². The summed E-state index contributed by atoms with van der Waals surface area (Å²) in [6.45, 7) is 5.86. The van der Waals surface area contributed by atoms with Crippen LogP contribution in [0.15, 0.2) is 15.4 Å². The summed E-state index contributed by atoms with van der Waals surface area (Å²) in [4.78, 5) is 0.137.